The van der Waals surface area contributed by atoms with Gasteiger partial charge >= 0.3 is 11.9 Å². The van der Waals surface area contributed by atoms with Crippen molar-refractivity contribution in [3.63, 3.8) is 0 Å². The first kappa shape index (κ1) is 18.9. The minimum Gasteiger partial charge on any atom is -0.467 e. The number of esters is 2. The van der Waals surface area contributed by atoms with Crippen LogP contribution in [0.15, 0.2) is 0 Å². The third kappa shape index (κ3) is 6.86. The number of unbranched alkanes of at least 4 members (excludes halogenated alkanes) is 2. The van der Waals surface area contributed by atoms with Crippen LogP contribution < -0.4 is 0 Å². The number of rotatable bonds is 11. The Bertz CT molecular complexity index is 251. The second-order valence-electron chi connectivity index (χ2n) is 4.34. The van der Waals surface area contributed by atoms with Crippen molar-refractivity contribution in [1.82, 2.24) is 0 Å². The van der Waals surface area contributed by atoms with Crippen molar-refractivity contribution < 1.29 is 28.5 Å². The van der Waals surface area contributed by atoms with Crippen LogP contribution >= 0.6 is 0 Å². The monoisotopic (exact) mass is 290 g/mol. The van der Waals surface area contributed by atoms with Crippen LogP contribution in [-0.4, -0.2) is 51.6 Å². The fourth-order valence-corrected chi connectivity index (χ4v) is 1.50. The highest BCUT2D eigenvalue weighted by molar-refractivity contribution is 5.85. The zero-order valence-electron chi connectivity index (χ0n) is 12.8. The van der Waals surface area contributed by atoms with Crippen molar-refractivity contribution >= 4 is 11.9 Å². The van der Waals surface area contributed by atoms with Gasteiger partial charge in [0.1, 0.15) is 0 Å². The summed E-state index contributed by atoms with van der Waals surface area (Å²) in [6.07, 6.45) is 1.25. The van der Waals surface area contributed by atoms with Crippen LogP contribution in [-0.2, 0) is 28.5 Å². The van der Waals surface area contributed by atoms with Crippen molar-refractivity contribution in [2.75, 3.05) is 27.4 Å². The first-order chi connectivity index (χ1) is 9.62. The van der Waals surface area contributed by atoms with E-state index < -0.39 is 24.1 Å². The largest absolute Gasteiger partial charge is 0.467 e. The van der Waals surface area contributed by atoms with Crippen LogP contribution in [0.2, 0.25) is 0 Å². The Morgan fingerprint density at radius 2 is 1.15 bits per heavy atom. The van der Waals surface area contributed by atoms with E-state index in [4.69, 9.17) is 9.47 Å². The molecular weight excluding hydrogens is 264 g/mol. The SMILES string of the molecule is CCCCOC(C(=O)OC)C(OCCCC)C(=O)OC. The molecule has 0 amide bonds. The summed E-state index contributed by atoms with van der Waals surface area (Å²) in [7, 11) is 2.50. The third-order valence-corrected chi connectivity index (χ3v) is 2.73. The van der Waals surface area contributed by atoms with E-state index in [0.29, 0.717) is 13.2 Å². The van der Waals surface area contributed by atoms with Crippen molar-refractivity contribution in [2.24, 2.45) is 0 Å². The van der Waals surface area contributed by atoms with Gasteiger partial charge in [0.2, 0.25) is 0 Å². The molecule has 0 aromatic rings. The number of hydrogen-bond donors (Lipinski definition) is 0. The molecular formula is C14H26O6. The highest BCUT2D eigenvalue weighted by Crippen LogP contribution is 2.11. The zero-order chi connectivity index (χ0) is 15.4. The Kier molecular flexibility index (Phi) is 11.0. The molecule has 2 unspecified atom stereocenters. The molecule has 2 atom stereocenters. The molecule has 0 aliphatic rings. The number of hydrogen-bond acceptors (Lipinski definition) is 6. The molecule has 6 heteroatoms. The van der Waals surface area contributed by atoms with E-state index in [2.05, 4.69) is 9.47 Å². The number of carbonyl (C=O) groups is 2. The van der Waals surface area contributed by atoms with Gasteiger partial charge in [-0.25, -0.2) is 9.59 Å². The second kappa shape index (κ2) is 11.7. The molecule has 0 aliphatic heterocycles. The van der Waals surface area contributed by atoms with Crippen LogP contribution in [0.3, 0.4) is 0 Å². The average molecular weight is 290 g/mol. The summed E-state index contributed by atoms with van der Waals surface area (Å²) in [5, 5.41) is 0. The van der Waals surface area contributed by atoms with Gasteiger partial charge in [-0.1, -0.05) is 26.7 Å². The van der Waals surface area contributed by atoms with Crippen LogP contribution in [0.4, 0.5) is 0 Å². The Balaban J connectivity index is 4.77. The van der Waals surface area contributed by atoms with Gasteiger partial charge in [-0.3, -0.25) is 0 Å². The van der Waals surface area contributed by atoms with Crippen LogP contribution in [0.1, 0.15) is 39.5 Å². The predicted molar refractivity (Wildman–Crippen MR) is 73.3 cm³/mol. The van der Waals surface area contributed by atoms with Crippen LogP contribution in [0, 0.1) is 0 Å². The zero-order valence-corrected chi connectivity index (χ0v) is 12.8. The molecule has 0 N–H and O–H groups in total. The third-order valence-electron chi connectivity index (χ3n) is 2.73. The smallest absolute Gasteiger partial charge is 0.338 e. The van der Waals surface area contributed by atoms with E-state index in [-0.39, 0.29) is 0 Å². The second-order valence-corrected chi connectivity index (χ2v) is 4.34. The van der Waals surface area contributed by atoms with Crippen molar-refractivity contribution in [3.05, 3.63) is 0 Å². The Hall–Kier alpha value is -1.14. The summed E-state index contributed by atoms with van der Waals surface area (Å²) in [5.41, 5.74) is 0. The van der Waals surface area contributed by atoms with E-state index in [1.807, 2.05) is 13.8 Å². The standard InChI is InChI=1S/C14H26O6/c1-5-7-9-19-11(13(15)17-3)12(14(16)18-4)20-10-8-6-2/h11-12H,5-10H2,1-4H3. The molecule has 0 bridgehead atoms. The first-order valence-electron chi connectivity index (χ1n) is 7.01. The number of ether oxygens (including phenoxy) is 4. The summed E-state index contributed by atoms with van der Waals surface area (Å²) >= 11 is 0. The van der Waals surface area contributed by atoms with E-state index >= 15 is 0 Å². The van der Waals surface area contributed by atoms with Gasteiger partial charge in [-0.15, -0.1) is 0 Å². The fourth-order valence-electron chi connectivity index (χ4n) is 1.50. The van der Waals surface area contributed by atoms with E-state index in [1.165, 1.54) is 14.2 Å². The van der Waals surface area contributed by atoms with Gasteiger partial charge < -0.3 is 18.9 Å². The van der Waals surface area contributed by atoms with Gasteiger partial charge in [0, 0.05) is 13.2 Å². The normalized spacial score (nSPS) is 13.6. The summed E-state index contributed by atoms with van der Waals surface area (Å²) < 4.78 is 20.2. The maximum Gasteiger partial charge on any atom is 0.338 e. The van der Waals surface area contributed by atoms with Gasteiger partial charge in [0.05, 0.1) is 14.2 Å². The molecule has 0 aromatic carbocycles. The Morgan fingerprint density at radius 1 is 0.800 bits per heavy atom. The van der Waals surface area contributed by atoms with Crippen LogP contribution in [0.5, 0.6) is 0 Å². The molecule has 6 nitrogen and oxygen atoms in total. The summed E-state index contributed by atoms with van der Waals surface area (Å²) in [4.78, 5) is 23.5. The lowest BCUT2D eigenvalue weighted by Gasteiger charge is -2.23. The number of methoxy groups -OCH3 is 2. The maximum absolute atomic E-state index is 11.8. The summed E-state index contributed by atoms with van der Waals surface area (Å²) in [6.45, 7) is 4.74. The fraction of sp³-hybridized carbons (Fsp3) is 0.857. The Morgan fingerprint density at radius 3 is 1.40 bits per heavy atom. The molecule has 0 saturated heterocycles. The molecule has 0 rings (SSSR count). The summed E-state index contributed by atoms with van der Waals surface area (Å²) in [6, 6.07) is 0. The topological polar surface area (TPSA) is 71.1 Å². The molecule has 0 heterocycles. The minimum absolute atomic E-state index is 0.362. The van der Waals surface area contributed by atoms with Crippen molar-refractivity contribution in [1.29, 1.82) is 0 Å². The highest BCUT2D eigenvalue weighted by Gasteiger charge is 2.37. The van der Waals surface area contributed by atoms with Crippen molar-refractivity contribution in [2.45, 2.75) is 51.7 Å². The molecule has 0 fully saturated rings. The van der Waals surface area contributed by atoms with E-state index in [1.54, 1.807) is 0 Å². The maximum atomic E-state index is 11.8. The Labute approximate surface area is 120 Å². The molecule has 0 aliphatic carbocycles. The average Bonchev–Trinajstić information content (AvgIpc) is 2.47. The van der Waals surface area contributed by atoms with Crippen molar-refractivity contribution in [3.8, 4) is 0 Å². The molecule has 118 valence electrons. The van der Waals surface area contributed by atoms with Gasteiger partial charge in [-0.05, 0) is 12.8 Å². The predicted octanol–water partition coefficient (Wildman–Crippen LogP) is 1.70. The highest BCUT2D eigenvalue weighted by atomic mass is 16.6. The summed E-state index contributed by atoms with van der Waals surface area (Å²) in [5.74, 6) is -1.26. The number of carbonyl (C=O) groups excluding carboxylic acids is 2. The lowest BCUT2D eigenvalue weighted by molar-refractivity contribution is -0.180. The quantitative estimate of drug-likeness (QED) is 0.426. The molecule has 0 radical (unpaired) electrons. The molecule has 0 aromatic heterocycles. The van der Waals surface area contributed by atoms with Crippen LogP contribution in [0.25, 0.3) is 0 Å². The lowest BCUT2D eigenvalue weighted by Crippen LogP contribution is -2.45. The van der Waals surface area contributed by atoms with Gasteiger partial charge in [0.15, 0.2) is 12.2 Å². The van der Waals surface area contributed by atoms with E-state index in [0.717, 1.165) is 25.7 Å². The minimum atomic E-state index is -1.09. The first-order valence-corrected chi connectivity index (χ1v) is 7.01. The molecule has 0 saturated carbocycles. The van der Waals surface area contributed by atoms with Gasteiger partial charge in [-0.2, -0.15) is 0 Å². The van der Waals surface area contributed by atoms with E-state index in [9.17, 15) is 9.59 Å². The van der Waals surface area contributed by atoms with Gasteiger partial charge in [0.25, 0.3) is 0 Å². The molecule has 0 spiro atoms. The molecule has 20 heavy (non-hydrogen) atoms. The lowest BCUT2D eigenvalue weighted by atomic mass is 10.2.